The highest BCUT2D eigenvalue weighted by Gasteiger charge is 2.33. The normalized spacial score (nSPS) is 19.4. The molecule has 0 heterocycles. The monoisotopic (exact) mass is 223 g/mol. The molecule has 1 atom stereocenters. The summed E-state index contributed by atoms with van der Waals surface area (Å²) in [5, 5.41) is 12.7. The SMILES string of the molecule is CCCCCN(C)CC(C)(C#N)NC1CC1. The summed E-state index contributed by atoms with van der Waals surface area (Å²) < 4.78 is 0. The van der Waals surface area contributed by atoms with Crippen molar-refractivity contribution in [3.63, 3.8) is 0 Å². The Hall–Kier alpha value is -0.590. The molecule has 0 radical (unpaired) electrons. The van der Waals surface area contributed by atoms with Gasteiger partial charge in [-0.05, 0) is 39.8 Å². The summed E-state index contributed by atoms with van der Waals surface area (Å²) in [7, 11) is 2.11. The van der Waals surface area contributed by atoms with E-state index < -0.39 is 0 Å². The first-order valence-corrected chi connectivity index (χ1v) is 6.47. The number of nitrogens with one attached hydrogen (secondary N) is 1. The van der Waals surface area contributed by atoms with Crippen molar-refractivity contribution in [3.8, 4) is 6.07 Å². The molecule has 0 aliphatic heterocycles. The summed E-state index contributed by atoms with van der Waals surface area (Å²) in [6.45, 7) is 6.15. The third kappa shape index (κ3) is 4.96. The van der Waals surface area contributed by atoms with Gasteiger partial charge in [-0.15, -0.1) is 0 Å². The maximum atomic E-state index is 9.24. The first kappa shape index (κ1) is 13.5. The summed E-state index contributed by atoms with van der Waals surface area (Å²) in [5.74, 6) is 0. The lowest BCUT2D eigenvalue weighted by atomic mass is 10.0. The average Bonchev–Trinajstić information content (AvgIpc) is 3.02. The maximum Gasteiger partial charge on any atom is 0.116 e. The van der Waals surface area contributed by atoms with Crippen LogP contribution < -0.4 is 5.32 Å². The van der Waals surface area contributed by atoms with Crippen molar-refractivity contribution in [2.45, 2.75) is 57.5 Å². The van der Waals surface area contributed by atoms with Gasteiger partial charge >= 0.3 is 0 Å². The number of likely N-dealkylation sites (N-methyl/N-ethyl adjacent to an activating group) is 1. The molecule has 3 heteroatoms. The first-order valence-electron chi connectivity index (χ1n) is 6.47. The van der Waals surface area contributed by atoms with Crippen molar-refractivity contribution in [1.82, 2.24) is 10.2 Å². The number of nitriles is 1. The van der Waals surface area contributed by atoms with E-state index in [9.17, 15) is 5.26 Å². The van der Waals surface area contributed by atoms with Crippen LogP contribution >= 0.6 is 0 Å². The predicted octanol–water partition coefficient (Wildman–Crippen LogP) is 2.14. The Kier molecular flexibility index (Phi) is 5.24. The van der Waals surface area contributed by atoms with E-state index in [0.29, 0.717) is 6.04 Å². The largest absolute Gasteiger partial charge is 0.303 e. The average molecular weight is 223 g/mol. The van der Waals surface area contributed by atoms with E-state index in [-0.39, 0.29) is 5.54 Å². The Morgan fingerprint density at radius 1 is 1.44 bits per heavy atom. The summed E-state index contributed by atoms with van der Waals surface area (Å²) in [5.41, 5.74) is -0.373. The molecular formula is C13H25N3. The van der Waals surface area contributed by atoms with Crippen LogP contribution in [-0.2, 0) is 0 Å². The second-order valence-electron chi connectivity index (χ2n) is 5.31. The van der Waals surface area contributed by atoms with Crippen LogP contribution in [0.25, 0.3) is 0 Å². The van der Waals surface area contributed by atoms with Gasteiger partial charge in [-0.2, -0.15) is 5.26 Å². The van der Waals surface area contributed by atoms with Gasteiger partial charge in [-0.25, -0.2) is 0 Å². The summed E-state index contributed by atoms with van der Waals surface area (Å²) in [6.07, 6.45) is 6.24. The van der Waals surface area contributed by atoms with Gasteiger partial charge in [0.25, 0.3) is 0 Å². The van der Waals surface area contributed by atoms with Crippen molar-refractivity contribution in [2.24, 2.45) is 0 Å². The lowest BCUT2D eigenvalue weighted by Gasteiger charge is -2.29. The van der Waals surface area contributed by atoms with Crippen LogP contribution in [0.1, 0.15) is 46.0 Å². The van der Waals surface area contributed by atoms with E-state index in [1.54, 1.807) is 0 Å². The van der Waals surface area contributed by atoms with Gasteiger partial charge in [0, 0.05) is 12.6 Å². The zero-order valence-corrected chi connectivity index (χ0v) is 10.9. The molecule has 1 aliphatic rings. The Labute approximate surface area is 99.8 Å². The first-order chi connectivity index (χ1) is 7.59. The van der Waals surface area contributed by atoms with E-state index in [4.69, 9.17) is 0 Å². The van der Waals surface area contributed by atoms with Gasteiger partial charge in [0.05, 0.1) is 6.07 Å². The van der Waals surface area contributed by atoms with Crippen LogP contribution in [-0.4, -0.2) is 36.6 Å². The third-order valence-corrected chi connectivity index (χ3v) is 3.08. The Bertz CT molecular complexity index is 242. The fourth-order valence-electron chi connectivity index (χ4n) is 2.04. The van der Waals surface area contributed by atoms with Gasteiger partial charge in [0.15, 0.2) is 0 Å². The van der Waals surface area contributed by atoms with Crippen LogP contribution in [0.5, 0.6) is 0 Å². The molecule has 1 saturated carbocycles. The molecule has 92 valence electrons. The standard InChI is InChI=1S/C13H25N3/c1-4-5-6-9-16(3)11-13(2,10-14)15-12-7-8-12/h12,15H,4-9,11H2,1-3H3. The van der Waals surface area contributed by atoms with Gasteiger partial charge in [0.1, 0.15) is 5.54 Å². The molecule has 3 nitrogen and oxygen atoms in total. The molecule has 0 spiro atoms. The van der Waals surface area contributed by atoms with E-state index in [2.05, 4.69) is 30.3 Å². The maximum absolute atomic E-state index is 9.24. The third-order valence-electron chi connectivity index (χ3n) is 3.08. The second kappa shape index (κ2) is 6.22. The lowest BCUT2D eigenvalue weighted by molar-refractivity contribution is 0.254. The number of rotatable bonds is 8. The molecule has 1 aliphatic carbocycles. The fourth-order valence-corrected chi connectivity index (χ4v) is 2.04. The molecule has 0 amide bonds. The molecule has 1 rings (SSSR count). The van der Waals surface area contributed by atoms with Crippen molar-refractivity contribution in [2.75, 3.05) is 20.1 Å². The smallest absolute Gasteiger partial charge is 0.116 e. The van der Waals surface area contributed by atoms with Gasteiger partial charge in [-0.1, -0.05) is 19.8 Å². The quantitative estimate of drug-likeness (QED) is 0.641. The van der Waals surface area contributed by atoms with E-state index >= 15 is 0 Å². The summed E-state index contributed by atoms with van der Waals surface area (Å²) >= 11 is 0. The van der Waals surface area contributed by atoms with Crippen molar-refractivity contribution in [1.29, 1.82) is 5.26 Å². The van der Waals surface area contributed by atoms with Crippen molar-refractivity contribution >= 4 is 0 Å². The van der Waals surface area contributed by atoms with Gasteiger partial charge in [-0.3, -0.25) is 5.32 Å². The highest BCUT2D eigenvalue weighted by Crippen LogP contribution is 2.22. The molecule has 0 saturated heterocycles. The highest BCUT2D eigenvalue weighted by atomic mass is 15.2. The van der Waals surface area contributed by atoms with Crippen LogP contribution in [0.15, 0.2) is 0 Å². The van der Waals surface area contributed by atoms with Crippen LogP contribution in [0.3, 0.4) is 0 Å². The summed E-state index contributed by atoms with van der Waals surface area (Å²) in [4.78, 5) is 2.27. The summed E-state index contributed by atoms with van der Waals surface area (Å²) in [6, 6.07) is 3.01. The molecule has 0 aromatic heterocycles. The molecule has 0 bridgehead atoms. The number of unbranched alkanes of at least 4 members (excludes halogenated alkanes) is 2. The molecule has 1 unspecified atom stereocenters. The minimum Gasteiger partial charge on any atom is -0.303 e. The number of hydrogen-bond acceptors (Lipinski definition) is 3. The van der Waals surface area contributed by atoms with Crippen molar-refractivity contribution in [3.05, 3.63) is 0 Å². The molecule has 0 aromatic rings. The molecule has 1 fully saturated rings. The molecule has 0 aromatic carbocycles. The van der Waals surface area contributed by atoms with Crippen LogP contribution in [0, 0.1) is 11.3 Å². The predicted molar refractivity (Wildman–Crippen MR) is 67.2 cm³/mol. The van der Waals surface area contributed by atoms with Crippen LogP contribution in [0.2, 0.25) is 0 Å². The molecule has 1 N–H and O–H groups in total. The van der Waals surface area contributed by atoms with Crippen molar-refractivity contribution < 1.29 is 0 Å². The van der Waals surface area contributed by atoms with E-state index in [1.807, 2.05) is 6.92 Å². The second-order valence-corrected chi connectivity index (χ2v) is 5.31. The number of nitrogens with zero attached hydrogens (tertiary/aromatic N) is 2. The topological polar surface area (TPSA) is 39.1 Å². The Morgan fingerprint density at radius 2 is 2.12 bits per heavy atom. The lowest BCUT2D eigenvalue weighted by Crippen LogP contribution is -2.50. The number of hydrogen-bond donors (Lipinski definition) is 1. The van der Waals surface area contributed by atoms with E-state index in [0.717, 1.165) is 13.1 Å². The van der Waals surface area contributed by atoms with E-state index in [1.165, 1.54) is 32.1 Å². The van der Waals surface area contributed by atoms with Crippen LogP contribution in [0.4, 0.5) is 0 Å². The fraction of sp³-hybridized carbons (Fsp3) is 0.923. The highest BCUT2D eigenvalue weighted by molar-refractivity contribution is 5.08. The molecular weight excluding hydrogens is 198 g/mol. The minimum absolute atomic E-state index is 0.373. The minimum atomic E-state index is -0.373. The Balaban J connectivity index is 2.27. The zero-order chi connectivity index (χ0) is 12.0. The van der Waals surface area contributed by atoms with Gasteiger partial charge < -0.3 is 4.90 Å². The van der Waals surface area contributed by atoms with Gasteiger partial charge in [0.2, 0.25) is 0 Å². The zero-order valence-electron chi connectivity index (χ0n) is 10.9. The Morgan fingerprint density at radius 3 is 2.62 bits per heavy atom. The molecule has 16 heavy (non-hydrogen) atoms.